The molecule has 0 aromatic heterocycles. The lowest BCUT2D eigenvalue weighted by Crippen LogP contribution is -2.26. The molecule has 3 nitrogen and oxygen atoms in total. The van der Waals surface area contributed by atoms with Crippen molar-refractivity contribution in [3.63, 3.8) is 0 Å². The Hall–Kier alpha value is -3.37. The van der Waals surface area contributed by atoms with Crippen LogP contribution < -0.4 is 0 Å². The van der Waals surface area contributed by atoms with Gasteiger partial charge in [0.05, 0.1) is 15.8 Å². The highest BCUT2D eigenvalue weighted by molar-refractivity contribution is 7.97. The van der Waals surface area contributed by atoms with Crippen molar-refractivity contribution >= 4 is 16.6 Å². The number of hydrogen-bond donors (Lipinski definition) is 0. The Morgan fingerprint density at radius 2 is 0.939 bits per heavy atom. The van der Waals surface area contributed by atoms with Crippen LogP contribution in [0.1, 0.15) is 141 Å². The van der Waals surface area contributed by atoms with Crippen LogP contribution in [-0.4, -0.2) is 4.92 Å². The smallest absolute Gasteiger partial charge is 0.258 e. The van der Waals surface area contributed by atoms with Gasteiger partial charge in [-0.3, -0.25) is 10.1 Å². The molecule has 0 saturated carbocycles. The topological polar surface area (TPSA) is 43.1 Å². The molecule has 0 aliphatic heterocycles. The molecule has 1 aliphatic carbocycles. The van der Waals surface area contributed by atoms with Crippen molar-refractivity contribution in [2.24, 2.45) is 0 Å². The maximum Gasteiger partial charge on any atom is 0.269 e. The summed E-state index contributed by atoms with van der Waals surface area (Å²) in [4.78, 5) is 15.9. The predicted molar refractivity (Wildman–Crippen MR) is 209 cm³/mol. The van der Waals surface area contributed by atoms with Crippen molar-refractivity contribution in [3.05, 3.63) is 118 Å². The first-order valence-electron chi connectivity index (χ1n) is 19.4. The van der Waals surface area contributed by atoms with E-state index < -0.39 is 0 Å². The molecule has 260 valence electrons. The summed E-state index contributed by atoms with van der Waals surface area (Å²) in [5.74, 6) is 0. The monoisotopic (exact) mass is 676 g/mol. The number of nitrogens with zero attached hydrogens (tertiary/aromatic N) is 1. The minimum absolute atomic E-state index is 0.200. The second-order valence-electron chi connectivity index (χ2n) is 14.2. The molecule has 0 spiro atoms. The fourth-order valence-corrected chi connectivity index (χ4v) is 10.1. The van der Waals surface area contributed by atoms with Crippen LogP contribution in [0, 0.1) is 10.1 Å². The van der Waals surface area contributed by atoms with E-state index in [-0.39, 0.29) is 26.9 Å². The third-order valence-electron chi connectivity index (χ3n) is 10.6. The Bertz CT molecular complexity index is 1530. The van der Waals surface area contributed by atoms with E-state index in [1.54, 1.807) is 6.07 Å². The molecule has 4 aromatic rings. The van der Waals surface area contributed by atoms with Gasteiger partial charge in [-0.1, -0.05) is 153 Å². The predicted octanol–water partition coefficient (Wildman–Crippen LogP) is 14.0. The molecule has 0 fully saturated rings. The Morgan fingerprint density at radius 1 is 0.510 bits per heavy atom. The Morgan fingerprint density at radius 3 is 1.41 bits per heavy atom. The van der Waals surface area contributed by atoms with Crippen LogP contribution >= 0.6 is 0 Å². The van der Waals surface area contributed by atoms with Gasteiger partial charge in [-0.2, -0.15) is 0 Å². The third kappa shape index (κ3) is 9.45. The van der Waals surface area contributed by atoms with Gasteiger partial charge in [0.2, 0.25) is 0 Å². The second-order valence-corrected chi connectivity index (χ2v) is 16.2. The summed E-state index contributed by atoms with van der Waals surface area (Å²) < 4.78 is 0. The summed E-state index contributed by atoms with van der Waals surface area (Å²) in [5.41, 5.74) is 5.08. The summed E-state index contributed by atoms with van der Waals surface area (Å²) in [6, 6.07) is 34.7. The lowest BCUT2D eigenvalue weighted by Gasteiger charge is -2.33. The normalized spacial score (nSPS) is 13.0. The highest BCUT2D eigenvalue weighted by Crippen LogP contribution is 2.56. The summed E-state index contributed by atoms with van der Waals surface area (Å²) in [7, 11) is -0.252. The first-order chi connectivity index (χ1) is 24.1. The van der Waals surface area contributed by atoms with Gasteiger partial charge in [0.1, 0.15) is 0 Å². The fraction of sp³-hybridized carbons (Fsp3) is 0.467. The number of rotatable bonds is 22. The molecule has 49 heavy (non-hydrogen) atoms. The zero-order valence-electron chi connectivity index (χ0n) is 30.1. The molecule has 1 aliphatic rings. The average Bonchev–Trinajstić information content (AvgIpc) is 3.40. The lowest BCUT2D eigenvalue weighted by atomic mass is 9.70. The third-order valence-corrected chi connectivity index (χ3v) is 12.8. The standard InChI is InChI=1S/C45H58NO2S/c1-3-5-7-9-11-13-15-23-33-45(34-24-16-14-12-10-8-6-4-2)43-35-37(46(47)48)29-31-41(43)42-32-30-40(36-44(42)45)49(38-25-19-17-20-26-38)39-27-21-18-22-28-39/h17-22,25-32,35-36H,3-16,23-24,33-34H2,1-2H3/q+1. The largest absolute Gasteiger partial charge is 0.269 e. The number of hydrogen-bond acceptors (Lipinski definition) is 2. The Kier molecular flexibility index (Phi) is 14.4. The first kappa shape index (κ1) is 36.9. The van der Waals surface area contributed by atoms with Crippen LogP contribution in [0.4, 0.5) is 5.69 Å². The summed E-state index contributed by atoms with van der Waals surface area (Å²) >= 11 is 0. The summed E-state index contributed by atoms with van der Waals surface area (Å²) in [6.45, 7) is 4.56. The minimum Gasteiger partial charge on any atom is -0.258 e. The Labute approximate surface area is 299 Å². The highest BCUT2D eigenvalue weighted by Gasteiger charge is 2.44. The van der Waals surface area contributed by atoms with Crippen molar-refractivity contribution in [3.8, 4) is 11.1 Å². The van der Waals surface area contributed by atoms with Crippen LogP contribution in [0.3, 0.4) is 0 Å². The molecule has 4 aromatic carbocycles. The maximum absolute atomic E-state index is 12.2. The SMILES string of the molecule is CCCCCCCCCCC1(CCCCCCCCCC)c2cc([N+](=O)[O-])ccc2-c2ccc([S+](c3ccccc3)c3ccccc3)cc21. The molecule has 5 rings (SSSR count). The molecule has 4 heteroatoms. The van der Waals surface area contributed by atoms with Gasteiger partial charge in [-0.15, -0.1) is 0 Å². The maximum atomic E-state index is 12.2. The van der Waals surface area contributed by atoms with E-state index in [1.807, 2.05) is 12.1 Å². The molecular weight excluding hydrogens is 619 g/mol. The van der Waals surface area contributed by atoms with Gasteiger partial charge in [-0.05, 0) is 83.6 Å². The number of fused-ring (bicyclic) bond motifs is 3. The van der Waals surface area contributed by atoms with E-state index in [2.05, 4.69) is 92.7 Å². The van der Waals surface area contributed by atoms with E-state index in [0.29, 0.717) is 0 Å². The number of nitro groups is 1. The molecule has 0 bridgehead atoms. The number of non-ortho nitro benzene ring substituents is 1. The van der Waals surface area contributed by atoms with Crippen LogP contribution in [0.5, 0.6) is 0 Å². The summed E-state index contributed by atoms with van der Waals surface area (Å²) in [6.07, 6.45) is 22.6. The van der Waals surface area contributed by atoms with Gasteiger partial charge in [0.15, 0.2) is 14.7 Å². The van der Waals surface area contributed by atoms with E-state index >= 15 is 0 Å². The number of benzene rings is 4. The molecule has 0 amide bonds. The molecule has 0 saturated heterocycles. The zero-order valence-corrected chi connectivity index (χ0v) is 31.0. The number of unbranched alkanes of at least 4 members (excludes halogenated alkanes) is 14. The van der Waals surface area contributed by atoms with Crippen molar-refractivity contribution in [2.75, 3.05) is 0 Å². The van der Waals surface area contributed by atoms with E-state index in [9.17, 15) is 10.1 Å². The molecule has 0 N–H and O–H groups in total. The van der Waals surface area contributed by atoms with Crippen molar-refractivity contribution in [1.29, 1.82) is 0 Å². The first-order valence-corrected chi connectivity index (χ1v) is 20.6. The van der Waals surface area contributed by atoms with Gasteiger partial charge in [0, 0.05) is 17.5 Å². The van der Waals surface area contributed by atoms with Crippen LogP contribution in [0.2, 0.25) is 0 Å². The van der Waals surface area contributed by atoms with Gasteiger partial charge < -0.3 is 0 Å². The van der Waals surface area contributed by atoms with Crippen LogP contribution in [-0.2, 0) is 16.3 Å². The molecule has 0 unspecified atom stereocenters. The van der Waals surface area contributed by atoms with E-state index in [1.165, 1.54) is 127 Å². The number of nitro benzene ring substituents is 1. The Balaban J connectivity index is 1.52. The molecule has 0 heterocycles. The van der Waals surface area contributed by atoms with E-state index in [4.69, 9.17) is 0 Å². The molecule has 0 atom stereocenters. The van der Waals surface area contributed by atoms with Crippen molar-refractivity contribution in [2.45, 2.75) is 150 Å². The minimum atomic E-state index is -0.252. The average molecular weight is 677 g/mol. The summed E-state index contributed by atoms with van der Waals surface area (Å²) in [5, 5.41) is 12.2. The lowest BCUT2D eigenvalue weighted by molar-refractivity contribution is -0.384. The van der Waals surface area contributed by atoms with E-state index in [0.717, 1.165) is 25.7 Å². The van der Waals surface area contributed by atoms with Gasteiger partial charge in [-0.25, -0.2) is 0 Å². The van der Waals surface area contributed by atoms with Crippen molar-refractivity contribution in [1.82, 2.24) is 0 Å². The van der Waals surface area contributed by atoms with Crippen LogP contribution in [0.15, 0.2) is 112 Å². The molecular formula is C45H58NO2S+. The second kappa shape index (κ2) is 19.1. The van der Waals surface area contributed by atoms with Crippen molar-refractivity contribution < 1.29 is 4.92 Å². The van der Waals surface area contributed by atoms with Gasteiger partial charge >= 0.3 is 0 Å². The van der Waals surface area contributed by atoms with Gasteiger partial charge in [0.25, 0.3) is 5.69 Å². The zero-order chi connectivity index (χ0) is 34.3. The van der Waals surface area contributed by atoms with Crippen LogP contribution in [0.25, 0.3) is 11.1 Å². The molecule has 0 radical (unpaired) electrons. The highest BCUT2D eigenvalue weighted by atomic mass is 32.2. The fourth-order valence-electron chi connectivity index (χ4n) is 8.01. The quantitative estimate of drug-likeness (QED) is 0.0360.